The number of carbonyl (C=O) groups is 2. The van der Waals surface area contributed by atoms with Crippen molar-refractivity contribution in [1.82, 2.24) is 9.62 Å². The van der Waals surface area contributed by atoms with Gasteiger partial charge in [0.2, 0.25) is 10.0 Å². The Morgan fingerprint density at radius 1 is 1.00 bits per heavy atom. The van der Waals surface area contributed by atoms with Crippen LogP contribution in [0.3, 0.4) is 0 Å². The van der Waals surface area contributed by atoms with Crippen molar-refractivity contribution < 1.29 is 22.7 Å². The second-order valence-corrected chi connectivity index (χ2v) is 11.9. The van der Waals surface area contributed by atoms with Gasteiger partial charge in [-0.25, -0.2) is 8.42 Å². The molecule has 7 nitrogen and oxygen atoms in total. The van der Waals surface area contributed by atoms with Crippen LogP contribution < -0.4 is 5.32 Å². The SMILES string of the molecule is O=C(COC(=O)C1CCN(S(=O)(=O)c2ccc3c(c2)CCC3)CC1)NCC1(c2ccccc2)CC1. The standard InChI is InChI=1S/C27H32N2O5S/c30-25(28-19-27(13-14-27)23-7-2-1-3-8-23)18-34-26(31)21-11-15-29(16-12-21)35(32,33)24-10-9-20-5-4-6-22(20)17-24/h1-3,7-10,17,21H,4-6,11-16,18-19H2,(H,28,30). The van der Waals surface area contributed by atoms with Crippen molar-refractivity contribution >= 4 is 21.9 Å². The number of piperidine rings is 1. The largest absolute Gasteiger partial charge is 0.455 e. The van der Waals surface area contributed by atoms with Crippen LogP contribution >= 0.6 is 0 Å². The van der Waals surface area contributed by atoms with Crippen LogP contribution in [0.5, 0.6) is 0 Å². The van der Waals surface area contributed by atoms with E-state index >= 15 is 0 Å². The highest BCUT2D eigenvalue weighted by Gasteiger charge is 2.44. The van der Waals surface area contributed by atoms with Gasteiger partial charge in [-0.15, -0.1) is 0 Å². The molecule has 0 atom stereocenters. The van der Waals surface area contributed by atoms with E-state index in [-0.39, 0.29) is 31.0 Å². The van der Waals surface area contributed by atoms with E-state index in [0.717, 1.165) is 37.7 Å². The third-order valence-corrected chi connectivity index (χ3v) is 9.60. The molecule has 0 aromatic heterocycles. The number of carbonyl (C=O) groups excluding carboxylic acids is 2. The lowest BCUT2D eigenvalue weighted by molar-refractivity contribution is -0.153. The molecule has 5 rings (SSSR count). The van der Waals surface area contributed by atoms with Crippen LogP contribution in [0.2, 0.25) is 0 Å². The van der Waals surface area contributed by atoms with E-state index in [0.29, 0.717) is 24.3 Å². The summed E-state index contributed by atoms with van der Waals surface area (Å²) in [5.74, 6) is -1.13. The van der Waals surface area contributed by atoms with E-state index in [1.807, 2.05) is 24.3 Å². The zero-order valence-corrected chi connectivity index (χ0v) is 20.7. The van der Waals surface area contributed by atoms with E-state index in [4.69, 9.17) is 4.74 Å². The molecule has 35 heavy (non-hydrogen) atoms. The Kier molecular flexibility index (Phi) is 6.68. The first-order valence-corrected chi connectivity index (χ1v) is 13.9. The summed E-state index contributed by atoms with van der Waals surface area (Å²) in [7, 11) is -3.58. The predicted octanol–water partition coefficient (Wildman–Crippen LogP) is 2.97. The maximum atomic E-state index is 13.1. The van der Waals surface area contributed by atoms with Crippen molar-refractivity contribution in [2.45, 2.75) is 55.3 Å². The molecule has 0 radical (unpaired) electrons. The zero-order chi connectivity index (χ0) is 24.5. The van der Waals surface area contributed by atoms with Gasteiger partial charge in [0, 0.05) is 25.0 Å². The van der Waals surface area contributed by atoms with Gasteiger partial charge in [0.05, 0.1) is 10.8 Å². The van der Waals surface area contributed by atoms with Crippen molar-refractivity contribution in [2.24, 2.45) is 5.92 Å². The number of hydrogen-bond donors (Lipinski definition) is 1. The number of benzene rings is 2. The number of sulfonamides is 1. The van der Waals surface area contributed by atoms with Gasteiger partial charge in [0.1, 0.15) is 0 Å². The minimum atomic E-state index is -3.58. The van der Waals surface area contributed by atoms with E-state index < -0.39 is 21.9 Å². The van der Waals surface area contributed by atoms with Crippen molar-refractivity contribution in [3.63, 3.8) is 0 Å². The molecule has 2 fully saturated rings. The Hall–Kier alpha value is -2.71. The van der Waals surface area contributed by atoms with Crippen LogP contribution in [0.4, 0.5) is 0 Å². The highest BCUT2D eigenvalue weighted by atomic mass is 32.2. The van der Waals surface area contributed by atoms with Gasteiger partial charge in [0.25, 0.3) is 5.91 Å². The third-order valence-electron chi connectivity index (χ3n) is 7.70. The lowest BCUT2D eigenvalue weighted by Gasteiger charge is -2.30. The first-order chi connectivity index (χ1) is 16.9. The zero-order valence-electron chi connectivity index (χ0n) is 19.9. The number of ether oxygens (including phenoxy) is 1. The van der Waals surface area contributed by atoms with Crippen LogP contribution in [0.25, 0.3) is 0 Å². The molecule has 8 heteroatoms. The summed E-state index contributed by atoms with van der Waals surface area (Å²) in [6.07, 6.45) is 5.85. The van der Waals surface area contributed by atoms with Crippen molar-refractivity contribution in [1.29, 1.82) is 0 Å². The Labute approximate surface area is 206 Å². The molecule has 1 N–H and O–H groups in total. The molecule has 1 amide bonds. The van der Waals surface area contributed by atoms with Crippen LogP contribution in [0.15, 0.2) is 53.4 Å². The molecule has 0 bridgehead atoms. The molecule has 1 heterocycles. The van der Waals surface area contributed by atoms with E-state index in [2.05, 4.69) is 17.4 Å². The summed E-state index contributed by atoms with van der Waals surface area (Å²) in [4.78, 5) is 25.1. The molecule has 1 saturated carbocycles. The first kappa shape index (κ1) is 24.0. The molecule has 3 aliphatic rings. The second kappa shape index (κ2) is 9.74. The number of hydrogen-bond acceptors (Lipinski definition) is 5. The fraction of sp³-hybridized carbons (Fsp3) is 0.481. The molecule has 186 valence electrons. The van der Waals surface area contributed by atoms with Gasteiger partial charge in [-0.3, -0.25) is 9.59 Å². The average molecular weight is 497 g/mol. The number of aryl methyl sites for hydroxylation is 2. The normalized spacial score (nSPS) is 19.7. The number of esters is 1. The van der Waals surface area contributed by atoms with Gasteiger partial charge < -0.3 is 10.1 Å². The van der Waals surface area contributed by atoms with Crippen molar-refractivity contribution in [3.8, 4) is 0 Å². The summed E-state index contributed by atoms with van der Waals surface area (Å²) in [6.45, 7) is 0.764. The topological polar surface area (TPSA) is 92.8 Å². The lowest BCUT2D eigenvalue weighted by Crippen LogP contribution is -2.41. The van der Waals surface area contributed by atoms with Gasteiger partial charge >= 0.3 is 5.97 Å². The van der Waals surface area contributed by atoms with E-state index in [1.165, 1.54) is 15.4 Å². The van der Waals surface area contributed by atoms with E-state index in [9.17, 15) is 18.0 Å². The highest BCUT2D eigenvalue weighted by molar-refractivity contribution is 7.89. The fourth-order valence-electron chi connectivity index (χ4n) is 5.27. The average Bonchev–Trinajstić information content (AvgIpc) is 3.54. The maximum Gasteiger partial charge on any atom is 0.309 e. The number of amides is 1. The Bertz CT molecular complexity index is 1200. The predicted molar refractivity (Wildman–Crippen MR) is 131 cm³/mol. The molecule has 2 aliphatic carbocycles. The summed E-state index contributed by atoms with van der Waals surface area (Å²) in [6, 6.07) is 15.6. The van der Waals surface area contributed by atoms with Crippen molar-refractivity contribution in [2.75, 3.05) is 26.2 Å². The summed E-state index contributed by atoms with van der Waals surface area (Å²) in [5.41, 5.74) is 3.58. The van der Waals surface area contributed by atoms with Gasteiger partial charge in [-0.1, -0.05) is 36.4 Å². The van der Waals surface area contributed by atoms with E-state index in [1.54, 1.807) is 12.1 Å². The second-order valence-electron chi connectivity index (χ2n) is 9.99. The van der Waals surface area contributed by atoms with Gasteiger partial charge in [0.15, 0.2) is 6.61 Å². The number of nitrogens with zero attached hydrogens (tertiary/aromatic N) is 1. The molecule has 2 aromatic rings. The molecule has 0 spiro atoms. The number of fused-ring (bicyclic) bond motifs is 1. The fourth-order valence-corrected chi connectivity index (χ4v) is 6.79. The van der Waals surface area contributed by atoms with Crippen molar-refractivity contribution in [3.05, 3.63) is 65.2 Å². The Morgan fingerprint density at radius 3 is 2.43 bits per heavy atom. The summed E-state index contributed by atoms with van der Waals surface area (Å²) >= 11 is 0. The summed E-state index contributed by atoms with van der Waals surface area (Å²) < 4.78 is 32.9. The van der Waals surface area contributed by atoms with Crippen LogP contribution in [0.1, 0.15) is 48.8 Å². The third kappa shape index (κ3) is 5.14. The minimum absolute atomic E-state index is 0.00190. The maximum absolute atomic E-state index is 13.1. The Balaban J connectivity index is 1.07. The van der Waals surface area contributed by atoms with Gasteiger partial charge in [-0.05, 0) is 73.8 Å². The molecular formula is C27H32N2O5S. The van der Waals surface area contributed by atoms with Gasteiger partial charge in [-0.2, -0.15) is 4.31 Å². The lowest BCUT2D eigenvalue weighted by atomic mass is 9.96. The molecule has 1 aliphatic heterocycles. The quantitative estimate of drug-likeness (QED) is 0.568. The molecule has 0 unspecified atom stereocenters. The smallest absolute Gasteiger partial charge is 0.309 e. The number of nitrogens with one attached hydrogen (secondary N) is 1. The summed E-state index contributed by atoms with van der Waals surface area (Å²) in [5, 5.41) is 2.90. The molecule has 1 saturated heterocycles. The highest BCUT2D eigenvalue weighted by Crippen LogP contribution is 2.47. The monoisotopic (exact) mass is 496 g/mol. The minimum Gasteiger partial charge on any atom is -0.455 e. The molecular weight excluding hydrogens is 464 g/mol. The number of rotatable bonds is 8. The Morgan fingerprint density at radius 2 is 1.71 bits per heavy atom. The van der Waals surface area contributed by atoms with Crippen LogP contribution in [-0.4, -0.2) is 50.8 Å². The van der Waals surface area contributed by atoms with Crippen LogP contribution in [-0.2, 0) is 42.6 Å². The molecule has 2 aromatic carbocycles. The first-order valence-electron chi connectivity index (χ1n) is 12.5. The van der Waals surface area contributed by atoms with Crippen LogP contribution in [0, 0.1) is 5.92 Å².